The Morgan fingerprint density at radius 2 is 1.85 bits per heavy atom. The van der Waals surface area contributed by atoms with Crippen molar-refractivity contribution in [3.05, 3.63) is 58.9 Å². The van der Waals surface area contributed by atoms with Gasteiger partial charge in [0.2, 0.25) is 0 Å². The molecule has 2 aromatic carbocycles. The third-order valence-corrected chi connectivity index (χ3v) is 3.30. The Morgan fingerprint density at radius 1 is 1.12 bits per heavy atom. The lowest BCUT2D eigenvalue weighted by Crippen LogP contribution is -2.24. The summed E-state index contributed by atoms with van der Waals surface area (Å²) in [6, 6.07) is 9.80. The van der Waals surface area contributed by atoms with Crippen molar-refractivity contribution in [2.45, 2.75) is 0 Å². The molecule has 2 amide bonds. The number of primary amides is 1. The van der Waals surface area contributed by atoms with Crippen molar-refractivity contribution in [1.29, 1.82) is 0 Å². The molecule has 26 heavy (non-hydrogen) atoms. The van der Waals surface area contributed by atoms with E-state index in [0.717, 1.165) is 6.07 Å². The molecule has 3 N–H and O–H groups in total. The first-order valence-corrected chi connectivity index (χ1v) is 7.67. The van der Waals surface area contributed by atoms with E-state index in [2.05, 4.69) is 5.32 Å². The molecule has 0 aliphatic carbocycles. The molecule has 0 saturated heterocycles. The quantitative estimate of drug-likeness (QED) is 0.715. The fourth-order valence-corrected chi connectivity index (χ4v) is 2.06. The molecule has 9 heteroatoms. The second-order valence-electron chi connectivity index (χ2n) is 4.98. The summed E-state index contributed by atoms with van der Waals surface area (Å²) in [5.41, 5.74) is 5.20. The van der Waals surface area contributed by atoms with E-state index in [1.165, 1.54) is 24.3 Å². The number of nitrogens with two attached hydrogens (primary N) is 1. The van der Waals surface area contributed by atoms with Gasteiger partial charge in [-0.2, -0.15) is 0 Å². The van der Waals surface area contributed by atoms with Gasteiger partial charge in [0.05, 0.1) is 11.3 Å². The van der Waals surface area contributed by atoms with Crippen molar-refractivity contribution in [3.63, 3.8) is 0 Å². The standard InChI is InChI=1S/C17H14ClFN2O5/c18-10-5-6-13(12(19)7-10)21-15(22)8-26-16(23)9-25-14-4-2-1-3-11(14)17(20)24/h1-7H,8-9H2,(H2,20,24)(H,21,22). The van der Waals surface area contributed by atoms with Crippen LogP contribution in [0.4, 0.5) is 10.1 Å². The van der Waals surface area contributed by atoms with Gasteiger partial charge in [-0.25, -0.2) is 9.18 Å². The van der Waals surface area contributed by atoms with E-state index in [1.807, 2.05) is 0 Å². The van der Waals surface area contributed by atoms with Crippen LogP contribution in [-0.2, 0) is 14.3 Å². The minimum Gasteiger partial charge on any atom is -0.481 e. The number of hydrogen-bond acceptors (Lipinski definition) is 5. The summed E-state index contributed by atoms with van der Waals surface area (Å²) in [6.07, 6.45) is 0. The number of rotatable bonds is 7. The molecule has 0 atom stereocenters. The highest BCUT2D eigenvalue weighted by Gasteiger charge is 2.13. The predicted octanol–water partition coefficient (Wildman–Crippen LogP) is 2.14. The number of amides is 2. The fraction of sp³-hybridized carbons (Fsp3) is 0.118. The number of esters is 1. The summed E-state index contributed by atoms with van der Waals surface area (Å²) >= 11 is 5.61. The minimum atomic E-state index is -0.851. The van der Waals surface area contributed by atoms with Gasteiger partial charge < -0.3 is 20.5 Å². The lowest BCUT2D eigenvalue weighted by atomic mass is 10.2. The Kier molecular flexibility index (Phi) is 6.51. The molecular weight excluding hydrogens is 367 g/mol. The summed E-state index contributed by atoms with van der Waals surface area (Å²) < 4.78 is 23.4. The Labute approximate surface area is 152 Å². The number of halogens is 2. The van der Waals surface area contributed by atoms with Crippen LogP contribution in [0, 0.1) is 5.82 Å². The van der Waals surface area contributed by atoms with Crippen molar-refractivity contribution in [1.82, 2.24) is 0 Å². The summed E-state index contributed by atoms with van der Waals surface area (Å²) in [5, 5.41) is 2.42. The monoisotopic (exact) mass is 380 g/mol. The zero-order valence-corrected chi connectivity index (χ0v) is 14.1. The molecule has 0 heterocycles. The second-order valence-corrected chi connectivity index (χ2v) is 5.42. The Bertz CT molecular complexity index is 844. The smallest absolute Gasteiger partial charge is 0.344 e. The molecule has 0 bridgehead atoms. The molecular formula is C17H14ClFN2O5. The first kappa shape index (κ1) is 19.2. The topological polar surface area (TPSA) is 108 Å². The largest absolute Gasteiger partial charge is 0.481 e. The average Bonchev–Trinajstić information content (AvgIpc) is 2.60. The van der Waals surface area contributed by atoms with Crippen LogP contribution in [0.5, 0.6) is 5.75 Å². The van der Waals surface area contributed by atoms with Crippen LogP contribution in [0.1, 0.15) is 10.4 Å². The van der Waals surface area contributed by atoms with Crippen LogP contribution < -0.4 is 15.8 Å². The number of hydrogen-bond donors (Lipinski definition) is 2. The van der Waals surface area contributed by atoms with Gasteiger partial charge in [0.1, 0.15) is 11.6 Å². The average molecular weight is 381 g/mol. The zero-order chi connectivity index (χ0) is 19.1. The Hall–Kier alpha value is -3.13. The number of benzene rings is 2. The Balaban J connectivity index is 1.81. The molecule has 0 aliphatic rings. The van der Waals surface area contributed by atoms with Crippen LogP contribution in [0.2, 0.25) is 5.02 Å². The van der Waals surface area contributed by atoms with E-state index < -0.39 is 36.8 Å². The molecule has 0 fully saturated rings. The van der Waals surface area contributed by atoms with Crippen molar-refractivity contribution >= 4 is 35.1 Å². The van der Waals surface area contributed by atoms with Crippen LogP contribution in [0.25, 0.3) is 0 Å². The molecule has 136 valence electrons. The molecule has 2 aromatic rings. The first-order valence-electron chi connectivity index (χ1n) is 7.29. The molecule has 7 nitrogen and oxygen atoms in total. The molecule has 2 rings (SSSR count). The summed E-state index contributed by atoms with van der Waals surface area (Å²) in [4.78, 5) is 34.6. The molecule has 0 unspecified atom stereocenters. The number of anilines is 1. The lowest BCUT2D eigenvalue weighted by molar-refractivity contribution is -0.149. The fourth-order valence-electron chi connectivity index (χ4n) is 1.90. The van der Waals surface area contributed by atoms with E-state index in [-0.39, 0.29) is 22.0 Å². The van der Waals surface area contributed by atoms with Crippen molar-refractivity contribution in [2.24, 2.45) is 5.73 Å². The highest BCUT2D eigenvalue weighted by atomic mass is 35.5. The molecule has 0 aliphatic heterocycles. The third-order valence-electron chi connectivity index (χ3n) is 3.07. The van der Waals surface area contributed by atoms with Gasteiger partial charge in [-0.1, -0.05) is 23.7 Å². The van der Waals surface area contributed by atoms with Gasteiger partial charge in [0.25, 0.3) is 11.8 Å². The van der Waals surface area contributed by atoms with Crippen LogP contribution in [0.3, 0.4) is 0 Å². The lowest BCUT2D eigenvalue weighted by Gasteiger charge is -2.10. The van der Waals surface area contributed by atoms with Crippen LogP contribution >= 0.6 is 11.6 Å². The zero-order valence-electron chi connectivity index (χ0n) is 13.3. The summed E-state index contributed by atoms with van der Waals surface area (Å²) in [5.74, 6) is -2.90. The minimum absolute atomic E-state index is 0.0953. The van der Waals surface area contributed by atoms with Gasteiger partial charge in [0, 0.05) is 5.02 Å². The van der Waals surface area contributed by atoms with Gasteiger partial charge in [-0.15, -0.1) is 0 Å². The second kappa shape index (κ2) is 8.82. The predicted molar refractivity (Wildman–Crippen MR) is 91.5 cm³/mol. The third kappa shape index (κ3) is 5.45. The van der Waals surface area contributed by atoms with Crippen LogP contribution in [0.15, 0.2) is 42.5 Å². The molecule has 0 radical (unpaired) electrons. The van der Waals surface area contributed by atoms with Crippen molar-refractivity contribution in [3.8, 4) is 5.75 Å². The molecule has 0 saturated carbocycles. The van der Waals surface area contributed by atoms with Gasteiger partial charge in [-0.05, 0) is 30.3 Å². The van der Waals surface area contributed by atoms with Crippen molar-refractivity contribution in [2.75, 3.05) is 18.5 Å². The maximum atomic E-state index is 13.6. The number of carbonyl (C=O) groups is 3. The maximum absolute atomic E-state index is 13.6. The normalized spacial score (nSPS) is 10.1. The highest BCUT2D eigenvalue weighted by molar-refractivity contribution is 6.30. The maximum Gasteiger partial charge on any atom is 0.344 e. The number of ether oxygens (including phenoxy) is 2. The van der Waals surface area contributed by atoms with Gasteiger partial charge in [0.15, 0.2) is 13.2 Å². The van der Waals surface area contributed by atoms with Crippen LogP contribution in [-0.4, -0.2) is 31.0 Å². The van der Waals surface area contributed by atoms with E-state index >= 15 is 0 Å². The van der Waals surface area contributed by atoms with Gasteiger partial charge >= 0.3 is 5.97 Å². The highest BCUT2D eigenvalue weighted by Crippen LogP contribution is 2.19. The van der Waals surface area contributed by atoms with E-state index in [1.54, 1.807) is 12.1 Å². The van der Waals surface area contributed by atoms with Gasteiger partial charge in [-0.3, -0.25) is 9.59 Å². The van der Waals surface area contributed by atoms with E-state index in [4.69, 9.17) is 26.8 Å². The van der Waals surface area contributed by atoms with E-state index in [0.29, 0.717) is 0 Å². The Morgan fingerprint density at radius 3 is 2.54 bits per heavy atom. The SMILES string of the molecule is NC(=O)c1ccccc1OCC(=O)OCC(=O)Nc1ccc(Cl)cc1F. The number of para-hydroxylation sites is 1. The number of nitrogens with one attached hydrogen (secondary N) is 1. The van der Waals surface area contributed by atoms with Crippen molar-refractivity contribution < 1.29 is 28.2 Å². The first-order chi connectivity index (χ1) is 12.4. The van der Waals surface area contributed by atoms with E-state index in [9.17, 15) is 18.8 Å². The number of carbonyl (C=O) groups excluding carboxylic acids is 3. The summed E-state index contributed by atoms with van der Waals surface area (Å²) in [6.45, 7) is -1.17. The summed E-state index contributed by atoms with van der Waals surface area (Å²) in [7, 11) is 0. The molecule has 0 aromatic heterocycles. The molecule has 0 spiro atoms.